The number of nitrogens with zero attached hydrogens (tertiary/aromatic N) is 2. The van der Waals surface area contributed by atoms with Crippen molar-refractivity contribution in [2.45, 2.75) is 50.5 Å². The third-order valence-corrected chi connectivity index (χ3v) is 5.08. The summed E-state index contributed by atoms with van der Waals surface area (Å²) in [7, 11) is 3.14. The van der Waals surface area contributed by atoms with Crippen molar-refractivity contribution < 1.29 is 19.0 Å². The molecule has 138 valence electrons. The molecule has 7 nitrogen and oxygen atoms in total. The van der Waals surface area contributed by atoms with Gasteiger partial charge in [0.25, 0.3) is 0 Å². The summed E-state index contributed by atoms with van der Waals surface area (Å²) in [4.78, 5) is 21.7. The molecule has 2 aliphatic rings. The molecule has 1 saturated heterocycles. The molecule has 1 aliphatic heterocycles. The van der Waals surface area contributed by atoms with Crippen molar-refractivity contribution in [1.29, 1.82) is 0 Å². The van der Waals surface area contributed by atoms with E-state index in [2.05, 4.69) is 15.3 Å². The Morgan fingerprint density at radius 3 is 2.52 bits per heavy atom. The third kappa shape index (κ3) is 4.39. The van der Waals surface area contributed by atoms with E-state index in [4.69, 9.17) is 14.2 Å². The molecule has 0 spiro atoms. The molecule has 1 aromatic rings. The zero-order valence-corrected chi connectivity index (χ0v) is 15.0. The number of aromatic nitrogens is 2. The molecular weight excluding hydrogens is 322 g/mol. The van der Waals surface area contributed by atoms with E-state index < -0.39 is 0 Å². The first-order valence-corrected chi connectivity index (χ1v) is 9.07. The lowest BCUT2D eigenvalue weighted by atomic mass is 9.78. The van der Waals surface area contributed by atoms with Crippen LogP contribution < -0.4 is 14.8 Å². The van der Waals surface area contributed by atoms with Gasteiger partial charge in [-0.05, 0) is 25.7 Å². The van der Waals surface area contributed by atoms with Crippen LogP contribution in [0.15, 0.2) is 6.07 Å². The van der Waals surface area contributed by atoms with Gasteiger partial charge in [-0.15, -0.1) is 0 Å². The monoisotopic (exact) mass is 349 g/mol. The van der Waals surface area contributed by atoms with E-state index in [0.717, 1.165) is 45.1 Å². The quantitative estimate of drug-likeness (QED) is 0.846. The molecule has 0 unspecified atom stereocenters. The van der Waals surface area contributed by atoms with Crippen LogP contribution in [0, 0.1) is 5.92 Å². The van der Waals surface area contributed by atoms with Crippen LogP contribution >= 0.6 is 0 Å². The van der Waals surface area contributed by atoms with Crippen LogP contribution in [0.1, 0.15) is 50.3 Å². The van der Waals surface area contributed by atoms with Crippen LogP contribution in [0.3, 0.4) is 0 Å². The Balaban J connectivity index is 1.72. The first-order chi connectivity index (χ1) is 12.2. The summed E-state index contributed by atoms with van der Waals surface area (Å²) in [6.07, 6.45) is 6.12. The molecule has 3 atom stereocenters. The van der Waals surface area contributed by atoms with Crippen LogP contribution in [0.25, 0.3) is 0 Å². The number of carbonyl (C=O) groups excluding carboxylic acids is 1. The van der Waals surface area contributed by atoms with Crippen LogP contribution in [0.4, 0.5) is 0 Å². The number of rotatable bonds is 6. The molecular formula is C18H27N3O4. The summed E-state index contributed by atoms with van der Waals surface area (Å²) in [6, 6.07) is 1.65. The van der Waals surface area contributed by atoms with E-state index in [0.29, 0.717) is 24.1 Å². The van der Waals surface area contributed by atoms with Gasteiger partial charge in [-0.25, -0.2) is 0 Å². The van der Waals surface area contributed by atoms with Gasteiger partial charge in [0.1, 0.15) is 5.82 Å². The van der Waals surface area contributed by atoms with Gasteiger partial charge in [-0.3, -0.25) is 4.79 Å². The fraction of sp³-hybridized carbons (Fsp3) is 0.722. The Hall–Kier alpha value is -1.89. The van der Waals surface area contributed by atoms with Crippen molar-refractivity contribution in [3.8, 4) is 11.8 Å². The highest BCUT2D eigenvalue weighted by Crippen LogP contribution is 2.37. The van der Waals surface area contributed by atoms with Crippen molar-refractivity contribution in [3.63, 3.8) is 0 Å². The van der Waals surface area contributed by atoms with Gasteiger partial charge in [-0.2, -0.15) is 9.97 Å². The number of nitrogens with one attached hydrogen (secondary N) is 1. The van der Waals surface area contributed by atoms with Crippen molar-refractivity contribution in [1.82, 2.24) is 15.3 Å². The van der Waals surface area contributed by atoms with Crippen molar-refractivity contribution in [3.05, 3.63) is 11.9 Å². The van der Waals surface area contributed by atoms with Gasteiger partial charge >= 0.3 is 0 Å². The fourth-order valence-corrected chi connectivity index (χ4v) is 3.70. The summed E-state index contributed by atoms with van der Waals surface area (Å²) in [6.45, 7) is 1.38. The van der Waals surface area contributed by atoms with Gasteiger partial charge in [0.2, 0.25) is 17.7 Å². The Morgan fingerprint density at radius 2 is 1.88 bits per heavy atom. The normalized spacial score (nSPS) is 26.2. The average Bonchev–Trinajstić information content (AvgIpc) is 3.19. The van der Waals surface area contributed by atoms with Gasteiger partial charge in [0.05, 0.1) is 26.4 Å². The van der Waals surface area contributed by atoms with E-state index in [1.54, 1.807) is 20.3 Å². The molecule has 3 rings (SSSR count). The largest absolute Gasteiger partial charge is 0.481 e. The molecule has 2 heterocycles. The molecule has 1 N–H and O–H groups in total. The van der Waals surface area contributed by atoms with Crippen LogP contribution in [-0.2, 0) is 9.53 Å². The predicted molar refractivity (Wildman–Crippen MR) is 91.8 cm³/mol. The van der Waals surface area contributed by atoms with E-state index in [1.807, 2.05) is 0 Å². The van der Waals surface area contributed by atoms with Crippen LogP contribution in [-0.4, -0.2) is 49.4 Å². The number of hydrogen-bond donors (Lipinski definition) is 1. The maximum absolute atomic E-state index is 12.8. The zero-order valence-electron chi connectivity index (χ0n) is 15.0. The number of methoxy groups -OCH3 is 2. The topological polar surface area (TPSA) is 82.6 Å². The minimum atomic E-state index is -0.119. The highest BCUT2D eigenvalue weighted by molar-refractivity contribution is 5.79. The molecule has 0 aromatic carbocycles. The van der Waals surface area contributed by atoms with E-state index in [-0.39, 0.29) is 23.8 Å². The fourth-order valence-electron chi connectivity index (χ4n) is 3.70. The standard InChI is InChI=1S/C18H27N3O4/c1-23-15-10-16(24-2)21-17(20-15)13-7-3-4-8-14(13)18(22)19-11-12-6-5-9-25-12/h10,12-14H,3-9,11H2,1-2H3,(H,19,22)/t12-,13+,14+/m0/s1. The molecule has 2 fully saturated rings. The molecule has 1 aromatic heterocycles. The third-order valence-electron chi connectivity index (χ3n) is 5.08. The molecule has 1 aliphatic carbocycles. The second kappa shape index (κ2) is 8.47. The molecule has 0 radical (unpaired) electrons. The predicted octanol–water partition coefficient (Wildman–Crippen LogP) is 2.06. The van der Waals surface area contributed by atoms with Crippen molar-refractivity contribution in [2.75, 3.05) is 27.4 Å². The SMILES string of the molecule is COc1cc(OC)nc([C@@H]2CCCC[C@H]2C(=O)NC[C@@H]2CCCO2)n1. The Bertz CT molecular complexity index is 567. The Labute approximate surface area is 148 Å². The summed E-state index contributed by atoms with van der Waals surface area (Å²) in [5, 5.41) is 3.07. The summed E-state index contributed by atoms with van der Waals surface area (Å²) >= 11 is 0. The van der Waals surface area contributed by atoms with Crippen molar-refractivity contribution in [2.24, 2.45) is 5.92 Å². The maximum Gasteiger partial charge on any atom is 0.223 e. The van der Waals surface area contributed by atoms with Gasteiger partial charge in [-0.1, -0.05) is 12.8 Å². The van der Waals surface area contributed by atoms with E-state index >= 15 is 0 Å². The lowest BCUT2D eigenvalue weighted by Crippen LogP contribution is -2.39. The number of amides is 1. The second-order valence-corrected chi connectivity index (χ2v) is 6.69. The summed E-state index contributed by atoms with van der Waals surface area (Å²) in [5.41, 5.74) is 0. The van der Waals surface area contributed by atoms with Crippen LogP contribution in [0.5, 0.6) is 11.8 Å². The van der Waals surface area contributed by atoms with Crippen LogP contribution in [0.2, 0.25) is 0 Å². The maximum atomic E-state index is 12.8. The van der Waals surface area contributed by atoms with Crippen molar-refractivity contribution >= 4 is 5.91 Å². The highest BCUT2D eigenvalue weighted by Gasteiger charge is 2.34. The Morgan fingerprint density at radius 1 is 1.16 bits per heavy atom. The molecule has 7 heteroatoms. The number of ether oxygens (including phenoxy) is 3. The summed E-state index contributed by atoms with van der Waals surface area (Å²) in [5.74, 6) is 1.50. The number of carbonyl (C=O) groups is 1. The average molecular weight is 349 g/mol. The minimum Gasteiger partial charge on any atom is -0.481 e. The van der Waals surface area contributed by atoms with Gasteiger partial charge in [0.15, 0.2) is 0 Å². The lowest BCUT2D eigenvalue weighted by molar-refractivity contribution is -0.127. The molecule has 0 bridgehead atoms. The first-order valence-electron chi connectivity index (χ1n) is 9.07. The lowest BCUT2D eigenvalue weighted by Gasteiger charge is -2.30. The van der Waals surface area contributed by atoms with E-state index in [1.165, 1.54) is 0 Å². The van der Waals surface area contributed by atoms with Gasteiger partial charge < -0.3 is 19.5 Å². The Kier molecular flexibility index (Phi) is 6.07. The molecule has 1 amide bonds. The first kappa shape index (κ1) is 17.9. The molecule has 1 saturated carbocycles. The molecule has 25 heavy (non-hydrogen) atoms. The smallest absolute Gasteiger partial charge is 0.223 e. The minimum absolute atomic E-state index is 0.0118. The summed E-state index contributed by atoms with van der Waals surface area (Å²) < 4.78 is 16.1. The zero-order chi connectivity index (χ0) is 17.6. The second-order valence-electron chi connectivity index (χ2n) is 6.69. The van der Waals surface area contributed by atoms with E-state index in [9.17, 15) is 4.79 Å². The highest BCUT2D eigenvalue weighted by atomic mass is 16.5. The number of hydrogen-bond acceptors (Lipinski definition) is 6. The van der Waals surface area contributed by atoms with Gasteiger partial charge in [0, 0.05) is 25.0 Å².